The standard InChI is InChI=1S/C17H28N2S/c1-2-16-12-19(10-6-15-7-11-20-13-15)17(14-18-16)8-4-3-5-9-17/h7,11,13,16,18H,2-6,8-10,12,14H2,1H3. The summed E-state index contributed by atoms with van der Waals surface area (Å²) >= 11 is 1.83. The summed E-state index contributed by atoms with van der Waals surface area (Å²) < 4.78 is 0. The fourth-order valence-electron chi connectivity index (χ4n) is 3.97. The molecular formula is C17H28N2S. The van der Waals surface area contributed by atoms with E-state index in [0.29, 0.717) is 11.6 Å². The maximum absolute atomic E-state index is 3.81. The van der Waals surface area contributed by atoms with Gasteiger partial charge in [-0.1, -0.05) is 26.2 Å². The predicted octanol–water partition coefficient (Wildman–Crippen LogP) is 3.68. The third kappa shape index (κ3) is 3.10. The number of nitrogens with one attached hydrogen (secondary N) is 1. The largest absolute Gasteiger partial charge is 0.311 e. The van der Waals surface area contributed by atoms with Crippen LogP contribution in [0.5, 0.6) is 0 Å². The molecule has 2 aliphatic rings. The van der Waals surface area contributed by atoms with Crippen molar-refractivity contribution in [3.8, 4) is 0 Å². The Morgan fingerprint density at radius 1 is 1.35 bits per heavy atom. The van der Waals surface area contributed by atoms with Crippen molar-refractivity contribution >= 4 is 11.3 Å². The van der Waals surface area contributed by atoms with Gasteiger partial charge in [0.2, 0.25) is 0 Å². The first-order valence-corrected chi connectivity index (χ1v) is 9.26. The van der Waals surface area contributed by atoms with Crippen LogP contribution in [0.3, 0.4) is 0 Å². The third-order valence-electron chi connectivity index (χ3n) is 5.36. The normalized spacial score (nSPS) is 26.9. The Kier molecular flexibility index (Phi) is 4.79. The molecule has 20 heavy (non-hydrogen) atoms. The van der Waals surface area contributed by atoms with E-state index < -0.39 is 0 Å². The van der Waals surface area contributed by atoms with Crippen molar-refractivity contribution < 1.29 is 0 Å². The average Bonchev–Trinajstić information content (AvgIpc) is 3.01. The van der Waals surface area contributed by atoms with E-state index in [0.717, 1.165) is 0 Å². The van der Waals surface area contributed by atoms with Gasteiger partial charge in [0.25, 0.3) is 0 Å². The lowest BCUT2D eigenvalue weighted by atomic mass is 9.78. The SMILES string of the molecule is CCC1CN(CCc2ccsc2)C2(CCCCC2)CN1. The van der Waals surface area contributed by atoms with E-state index in [4.69, 9.17) is 0 Å². The van der Waals surface area contributed by atoms with E-state index in [1.165, 1.54) is 70.1 Å². The average molecular weight is 292 g/mol. The van der Waals surface area contributed by atoms with Crippen molar-refractivity contribution in [2.24, 2.45) is 0 Å². The summed E-state index contributed by atoms with van der Waals surface area (Å²) in [5, 5.41) is 8.33. The molecule has 1 N–H and O–H groups in total. The Morgan fingerprint density at radius 3 is 2.90 bits per heavy atom. The molecule has 1 saturated heterocycles. The summed E-state index contributed by atoms with van der Waals surface area (Å²) in [6.45, 7) is 6.03. The molecule has 1 aliphatic heterocycles. The molecule has 2 heterocycles. The minimum atomic E-state index is 0.472. The zero-order chi connectivity index (χ0) is 13.8. The molecule has 0 aromatic carbocycles. The molecule has 0 radical (unpaired) electrons. The van der Waals surface area contributed by atoms with Gasteiger partial charge in [0, 0.05) is 31.2 Å². The lowest BCUT2D eigenvalue weighted by Crippen LogP contribution is -2.65. The van der Waals surface area contributed by atoms with Gasteiger partial charge in [0.05, 0.1) is 0 Å². The van der Waals surface area contributed by atoms with Crippen LogP contribution >= 0.6 is 11.3 Å². The van der Waals surface area contributed by atoms with Crippen LogP contribution in [-0.2, 0) is 6.42 Å². The molecule has 1 unspecified atom stereocenters. The highest BCUT2D eigenvalue weighted by Crippen LogP contribution is 2.35. The highest BCUT2D eigenvalue weighted by atomic mass is 32.1. The number of hydrogen-bond acceptors (Lipinski definition) is 3. The second-order valence-corrected chi connectivity index (χ2v) is 7.38. The summed E-state index contributed by atoms with van der Waals surface area (Å²) in [5.74, 6) is 0. The minimum Gasteiger partial charge on any atom is -0.311 e. The summed E-state index contributed by atoms with van der Waals surface area (Å²) in [7, 11) is 0. The Labute approximate surface area is 127 Å². The van der Waals surface area contributed by atoms with Crippen molar-refractivity contribution in [3.63, 3.8) is 0 Å². The second-order valence-electron chi connectivity index (χ2n) is 6.60. The van der Waals surface area contributed by atoms with Crippen molar-refractivity contribution in [2.75, 3.05) is 19.6 Å². The van der Waals surface area contributed by atoms with Gasteiger partial charge in [0.1, 0.15) is 0 Å². The van der Waals surface area contributed by atoms with Gasteiger partial charge in [-0.25, -0.2) is 0 Å². The van der Waals surface area contributed by atoms with Crippen LogP contribution in [0.1, 0.15) is 51.0 Å². The zero-order valence-corrected chi connectivity index (χ0v) is 13.6. The van der Waals surface area contributed by atoms with Crippen LogP contribution in [0.25, 0.3) is 0 Å². The Morgan fingerprint density at radius 2 is 2.20 bits per heavy atom. The minimum absolute atomic E-state index is 0.472. The fraction of sp³-hybridized carbons (Fsp3) is 0.765. The molecule has 1 aromatic heterocycles. The van der Waals surface area contributed by atoms with E-state index in [1.807, 2.05) is 11.3 Å². The van der Waals surface area contributed by atoms with Gasteiger partial charge in [-0.05, 0) is 48.1 Å². The van der Waals surface area contributed by atoms with Gasteiger partial charge in [-0.15, -0.1) is 0 Å². The number of thiophene rings is 1. The third-order valence-corrected chi connectivity index (χ3v) is 6.09. The van der Waals surface area contributed by atoms with Crippen LogP contribution in [-0.4, -0.2) is 36.1 Å². The lowest BCUT2D eigenvalue weighted by Gasteiger charge is -2.52. The fourth-order valence-corrected chi connectivity index (χ4v) is 4.68. The maximum atomic E-state index is 3.81. The van der Waals surface area contributed by atoms with Crippen molar-refractivity contribution in [2.45, 2.75) is 63.5 Å². The Balaban J connectivity index is 1.67. The first-order chi connectivity index (χ1) is 9.82. The smallest absolute Gasteiger partial charge is 0.0334 e. The predicted molar refractivity (Wildman–Crippen MR) is 87.5 cm³/mol. The summed E-state index contributed by atoms with van der Waals surface area (Å²) in [5.41, 5.74) is 1.99. The molecule has 112 valence electrons. The molecule has 3 rings (SSSR count). The van der Waals surface area contributed by atoms with Crippen LogP contribution in [0.4, 0.5) is 0 Å². The maximum Gasteiger partial charge on any atom is 0.0334 e. The van der Waals surface area contributed by atoms with Crippen LogP contribution < -0.4 is 5.32 Å². The second kappa shape index (κ2) is 6.59. The van der Waals surface area contributed by atoms with Gasteiger partial charge >= 0.3 is 0 Å². The first-order valence-electron chi connectivity index (χ1n) is 8.32. The quantitative estimate of drug-likeness (QED) is 0.911. The number of nitrogens with zero attached hydrogens (tertiary/aromatic N) is 1. The number of hydrogen-bond donors (Lipinski definition) is 1. The summed E-state index contributed by atoms with van der Waals surface area (Å²) in [4.78, 5) is 2.84. The molecule has 2 fully saturated rings. The first kappa shape index (κ1) is 14.6. The zero-order valence-electron chi connectivity index (χ0n) is 12.7. The van der Waals surface area contributed by atoms with Crippen molar-refractivity contribution in [3.05, 3.63) is 22.4 Å². The van der Waals surface area contributed by atoms with Crippen LogP contribution in [0, 0.1) is 0 Å². The highest BCUT2D eigenvalue weighted by Gasteiger charge is 2.41. The molecule has 0 bridgehead atoms. The van der Waals surface area contributed by atoms with E-state index in [-0.39, 0.29) is 0 Å². The molecule has 3 heteroatoms. The molecule has 2 nitrogen and oxygen atoms in total. The molecule has 0 amide bonds. The Bertz CT molecular complexity index is 395. The monoisotopic (exact) mass is 292 g/mol. The molecule has 1 aliphatic carbocycles. The number of piperazine rings is 1. The molecule has 1 aromatic rings. The van der Waals surface area contributed by atoms with Gasteiger partial charge in [-0.3, -0.25) is 4.90 Å². The van der Waals surface area contributed by atoms with Crippen molar-refractivity contribution in [1.82, 2.24) is 10.2 Å². The summed E-state index contributed by atoms with van der Waals surface area (Å²) in [6, 6.07) is 2.99. The topological polar surface area (TPSA) is 15.3 Å². The molecule has 1 atom stereocenters. The summed E-state index contributed by atoms with van der Waals surface area (Å²) in [6.07, 6.45) is 9.57. The molecular weight excluding hydrogens is 264 g/mol. The Hall–Kier alpha value is -0.380. The van der Waals surface area contributed by atoms with E-state index >= 15 is 0 Å². The van der Waals surface area contributed by atoms with Crippen LogP contribution in [0.15, 0.2) is 16.8 Å². The van der Waals surface area contributed by atoms with Gasteiger partial charge < -0.3 is 5.32 Å². The van der Waals surface area contributed by atoms with Gasteiger partial charge in [-0.2, -0.15) is 11.3 Å². The highest BCUT2D eigenvalue weighted by molar-refractivity contribution is 7.07. The van der Waals surface area contributed by atoms with E-state index in [9.17, 15) is 0 Å². The lowest BCUT2D eigenvalue weighted by molar-refractivity contribution is 0.0102. The van der Waals surface area contributed by atoms with E-state index in [2.05, 4.69) is 34.0 Å². The van der Waals surface area contributed by atoms with Crippen molar-refractivity contribution in [1.29, 1.82) is 0 Å². The number of rotatable bonds is 4. The molecule has 1 saturated carbocycles. The van der Waals surface area contributed by atoms with Gasteiger partial charge in [0.15, 0.2) is 0 Å². The van der Waals surface area contributed by atoms with E-state index in [1.54, 1.807) is 0 Å². The van der Waals surface area contributed by atoms with Crippen LogP contribution in [0.2, 0.25) is 0 Å². The molecule has 1 spiro atoms.